The predicted molar refractivity (Wildman–Crippen MR) is 76.7 cm³/mol. The van der Waals surface area contributed by atoms with Crippen molar-refractivity contribution in [1.82, 2.24) is 10.2 Å². The molecule has 18 heavy (non-hydrogen) atoms. The van der Waals surface area contributed by atoms with Crippen LogP contribution in [0.2, 0.25) is 0 Å². The molecule has 0 spiro atoms. The summed E-state index contributed by atoms with van der Waals surface area (Å²) in [5.74, 6) is 2.90. The Morgan fingerprint density at radius 1 is 1.17 bits per heavy atom. The summed E-state index contributed by atoms with van der Waals surface area (Å²) >= 11 is 0. The van der Waals surface area contributed by atoms with Crippen LogP contribution in [-0.2, 0) is 0 Å². The summed E-state index contributed by atoms with van der Waals surface area (Å²) in [6.45, 7) is 10.1. The second-order valence-electron chi connectivity index (χ2n) is 7.38. The van der Waals surface area contributed by atoms with Gasteiger partial charge >= 0.3 is 0 Å². The SMILES string of the molecule is CC1CCCC1CN1CCCNC(C)(C2CC2)C1. The zero-order valence-corrected chi connectivity index (χ0v) is 12.3. The van der Waals surface area contributed by atoms with Crippen LogP contribution in [0, 0.1) is 17.8 Å². The molecule has 1 aliphatic heterocycles. The van der Waals surface area contributed by atoms with Gasteiger partial charge in [0, 0.05) is 18.6 Å². The van der Waals surface area contributed by atoms with Gasteiger partial charge in [0.15, 0.2) is 0 Å². The van der Waals surface area contributed by atoms with E-state index < -0.39 is 0 Å². The van der Waals surface area contributed by atoms with Crippen LogP contribution in [0.5, 0.6) is 0 Å². The Morgan fingerprint density at radius 2 is 2.00 bits per heavy atom. The molecular weight excluding hydrogens is 220 g/mol. The van der Waals surface area contributed by atoms with Crippen molar-refractivity contribution in [2.75, 3.05) is 26.2 Å². The first-order chi connectivity index (χ1) is 8.67. The van der Waals surface area contributed by atoms with Gasteiger partial charge < -0.3 is 10.2 Å². The summed E-state index contributed by atoms with van der Waals surface area (Å²) in [4.78, 5) is 2.78. The molecule has 0 aromatic heterocycles. The highest BCUT2D eigenvalue weighted by atomic mass is 15.2. The topological polar surface area (TPSA) is 15.3 Å². The van der Waals surface area contributed by atoms with Crippen molar-refractivity contribution in [2.24, 2.45) is 17.8 Å². The van der Waals surface area contributed by atoms with Crippen molar-refractivity contribution < 1.29 is 0 Å². The Kier molecular flexibility index (Phi) is 3.68. The van der Waals surface area contributed by atoms with E-state index in [-0.39, 0.29) is 0 Å². The van der Waals surface area contributed by atoms with E-state index in [0.717, 1.165) is 17.8 Å². The lowest BCUT2D eigenvalue weighted by molar-refractivity contribution is 0.166. The van der Waals surface area contributed by atoms with Gasteiger partial charge in [0.25, 0.3) is 0 Å². The summed E-state index contributed by atoms with van der Waals surface area (Å²) < 4.78 is 0. The molecule has 0 amide bonds. The molecule has 2 aliphatic carbocycles. The smallest absolute Gasteiger partial charge is 0.0308 e. The Bertz CT molecular complexity index is 287. The first-order valence-electron chi connectivity index (χ1n) is 8.15. The molecule has 1 N–H and O–H groups in total. The van der Waals surface area contributed by atoms with E-state index in [2.05, 4.69) is 24.1 Å². The maximum Gasteiger partial charge on any atom is 0.0308 e. The van der Waals surface area contributed by atoms with Gasteiger partial charge in [-0.1, -0.05) is 19.8 Å². The van der Waals surface area contributed by atoms with E-state index in [1.54, 1.807) is 0 Å². The van der Waals surface area contributed by atoms with Crippen molar-refractivity contribution in [3.8, 4) is 0 Å². The number of nitrogens with zero attached hydrogens (tertiary/aromatic N) is 1. The molecule has 3 atom stereocenters. The number of nitrogens with one attached hydrogen (secondary N) is 1. The molecule has 0 bridgehead atoms. The van der Waals surface area contributed by atoms with Gasteiger partial charge in [0.05, 0.1) is 0 Å². The minimum atomic E-state index is 0.415. The second-order valence-corrected chi connectivity index (χ2v) is 7.38. The van der Waals surface area contributed by atoms with Crippen LogP contribution in [0.1, 0.15) is 52.4 Å². The van der Waals surface area contributed by atoms with Gasteiger partial charge in [-0.2, -0.15) is 0 Å². The van der Waals surface area contributed by atoms with Gasteiger partial charge in [-0.3, -0.25) is 0 Å². The summed E-state index contributed by atoms with van der Waals surface area (Å²) in [6.07, 6.45) is 8.66. The molecule has 2 saturated carbocycles. The maximum atomic E-state index is 3.84. The highest BCUT2D eigenvalue weighted by Gasteiger charge is 2.43. The van der Waals surface area contributed by atoms with Gasteiger partial charge in [-0.25, -0.2) is 0 Å². The van der Waals surface area contributed by atoms with Crippen molar-refractivity contribution in [3.05, 3.63) is 0 Å². The molecule has 3 unspecified atom stereocenters. The molecule has 1 saturated heterocycles. The normalized spacial score (nSPS) is 43.0. The van der Waals surface area contributed by atoms with E-state index >= 15 is 0 Å². The minimum absolute atomic E-state index is 0.415. The third kappa shape index (κ3) is 2.75. The lowest BCUT2D eigenvalue weighted by Gasteiger charge is -2.35. The van der Waals surface area contributed by atoms with Crippen LogP contribution < -0.4 is 5.32 Å². The Hall–Kier alpha value is -0.0800. The fourth-order valence-electron chi connectivity index (χ4n) is 4.25. The number of hydrogen-bond donors (Lipinski definition) is 1. The molecular formula is C16H30N2. The standard InChI is InChI=1S/C16H30N2/c1-13-5-3-6-14(13)11-18-10-4-9-17-16(2,12-18)15-7-8-15/h13-15,17H,3-12H2,1-2H3. The molecule has 104 valence electrons. The van der Waals surface area contributed by atoms with Crippen molar-refractivity contribution in [3.63, 3.8) is 0 Å². The van der Waals surface area contributed by atoms with Crippen LogP contribution in [0.15, 0.2) is 0 Å². The lowest BCUT2D eigenvalue weighted by atomic mass is 9.93. The molecule has 1 heterocycles. The minimum Gasteiger partial charge on any atom is -0.310 e. The average Bonchev–Trinajstić information content (AvgIpc) is 3.12. The fraction of sp³-hybridized carbons (Fsp3) is 1.00. The van der Waals surface area contributed by atoms with Crippen molar-refractivity contribution in [2.45, 2.75) is 57.9 Å². The van der Waals surface area contributed by atoms with Gasteiger partial charge in [-0.15, -0.1) is 0 Å². The largest absolute Gasteiger partial charge is 0.310 e. The first-order valence-corrected chi connectivity index (χ1v) is 8.15. The molecule has 2 heteroatoms. The van der Waals surface area contributed by atoms with E-state index in [9.17, 15) is 0 Å². The Balaban J connectivity index is 1.60. The van der Waals surface area contributed by atoms with Crippen LogP contribution in [-0.4, -0.2) is 36.6 Å². The molecule has 0 aromatic rings. The molecule has 3 rings (SSSR count). The third-order valence-corrected chi connectivity index (χ3v) is 5.74. The summed E-state index contributed by atoms with van der Waals surface area (Å²) in [6, 6.07) is 0. The third-order valence-electron chi connectivity index (χ3n) is 5.74. The molecule has 3 fully saturated rings. The fourth-order valence-corrected chi connectivity index (χ4v) is 4.25. The zero-order valence-electron chi connectivity index (χ0n) is 12.3. The molecule has 2 nitrogen and oxygen atoms in total. The first kappa shape index (κ1) is 12.9. The van der Waals surface area contributed by atoms with E-state index in [0.29, 0.717) is 5.54 Å². The number of hydrogen-bond acceptors (Lipinski definition) is 2. The summed E-state index contributed by atoms with van der Waals surface area (Å²) in [7, 11) is 0. The van der Waals surface area contributed by atoms with Crippen LogP contribution >= 0.6 is 0 Å². The van der Waals surface area contributed by atoms with Gasteiger partial charge in [-0.05, 0) is 63.5 Å². The van der Waals surface area contributed by atoms with Gasteiger partial charge in [0.1, 0.15) is 0 Å². The highest BCUT2D eigenvalue weighted by Crippen LogP contribution is 2.41. The van der Waals surface area contributed by atoms with Crippen LogP contribution in [0.4, 0.5) is 0 Å². The molecule has 0 radical (unpaired) electrons. The zero-order chi connectivity index (χ0) is 12.6. The highest BCUT2D eigenvalue weighted by molar-refractivity contribution is 5.01. The Labute approximate surface area is 113 Å². The van der Waals surface area contributed by atoms with E-state index in [4.69, 9.17) is 0 Å². The van der Waals surface area contributed by atoms with Crippen LogP contribution in [0.25, 0.3) is 0 Å². The average molecular weight is 250 g/mol. The lowest BCUT2D eigenvalue weighted by Crippen LogP contribution is -2.51. The molecule has 3 aliphatic rings. The van der Waals surface area contributed by atoms with E-state index in [1.165, 1.54) is 64.7 Å². The number of rotatable bonds is 3. The summed E-state index contributed by atoms with van der Waals surface area (Å²) in [5.41, 5.74) is 0.415. The van der Waals surface area contributed by atoms with Crippen molar-refractivity contribution in [1.29, 1.82) is 0 Å². The van der Waals surface area contributed by atoms with Crippen molar-refractivity contribution >= 4 is 0 Å². The predicted octanol–water partition coefficient (Wildman–Crippen LogP) is 2.89. The quantitative estimate of drug-likeness (QED) is 0.828. The Morgan fingerprint density at radius 3 is 2.67 bits per heavy atom. The maximum absolute atomic E-state index is 3.84. The monoisotopic (exact) mass is 250 g/mol. The van der Waals surface area contributed by atoms with E-state index in [1.807, 2.05) is 0 Å². The van der Waals surface area contributed by atoms with Gasteiger partial charge in [0.2, 0.25) is 0 Å². The van der Waals surface area contributed by atoms with Crippen LogP contribution in [0.3, 0.4) is 0 Å². The second kappa shape index (κ2) is 5.13. The summed E-state index contributed by atoms with van der Waals surface area (Å²) in [5, 5.41) is 3.84. The molecule has 0 aromatic carbocycles.